The van der Waals surface area contributed by atoms with Crippen LogP contribution < -0.4 is 5.32 Å². The van der Waals surface area contributed by atoms with Gasteiger partial charge in [-0.2, -0.15) is 5.10 Å². The maximum Gasteiger partial charge on any atom is 0.259 e. The van der Waals surface area contributed by atoms with Crippen molar-refractivity contribution in [2.24, 2.45) is 0 Å². The van der Waals surface area contributed by atoms with Crippen LogP contribution >= 0.6 is 0 Å². The van der Waals surface area contributed by atoms with Gasteiger partial charge in [-0.25, -0.2) is 9.50 Å². The highest BCUT2D eigenvalue weighted by Gasteiger charge is 2.29. The fourth-order valence-corrected chi connectivity index (χ4v) is 2.64. The van der Waals surface area contributed by atoms with E-state index >= 15 is 0 Å². The predicted octanol–water partition coefficient (Wildman–Crippen LogP) is 0.780. The molecule has 0 spiro atoms. The predicted molar refractivity (Wildman–Crippen MR) is 75.8 cm³/mol. The van der Waals surface area contributed by atoms with E-state index in [9.17, 15) is 4.79 Å². The van der Waals surface area contributed by atoms with E-state index in [2.05, 4.69) is 15.4 Å². The summed E-state index contributed by atoms with van der Waals surface area (Å²) in [5, 5.41) is 7.49. The minimum atomic E-state index is 0.0199. The van der Waals surface area contributed by atoms with Crippen LogP contribution in [0, 0.1) is 13.8 Å². The lowest BCUT2D eigenvalue weighted by atomic mass is 10.1. The van der Waals surface area contributed by atoms with Crippen molar-refractivity contribution >= 4 is 11.6 Å². The Labute approximate surface area is 117 Å². The molecule has 1 saturated heterocycles. The molecule has 3 heterocycles. The molecule has 0 saturated carbocycles. The number of amides is 1. The van der Waals surface area contributed by atoms with Crippen LogP contribution in [-0.2, 0) is 0 Å². The monoisotopic (exact) mass is 273 g/mol. The first-order chi connectivity index (χ1) is 9.61. The van der Waals surface area contributed by atoms with Crippen LogP contribution in [0.5, 0.6) is 0 Å². The number of aryl methyl sites for hydroxylation is 2. The maximum atomic E-state index is 12.7. The number of carbonyl (C=O) groups excluding carboxylic acids is 1. The number of aromatic nitrogens is 3. The van der Waals surface area contributed by atoms with Crippen molar-refractivity contribution in [3.05, 3.63) is 29.2 Å². The van der Waals surface area contributed by atoms with Crippen LogP contribution in [0.4, 0.5) is 0 Å². The Morgan fingerprint density at radius 3 is 2.85 bits per heavy atom. The second-order valence-corrected chi connectivity index (χ2v) is 5.24. The number of hydrogen-bond acceptors (Lipinski definition) is 4. The molecule has 6 nitrogen and oxygen atoms in total. The fourth-order valence-electron chi connectivity index (χ4n) is 2.64. The normalized spacial score (nSPS) is 15.3. The van der Waals surface area contributed by atoms with Crippen molar-refractivity contribution in [2.75, 3.05) is 19.6 Å². The van der Waals surface area contributed by atoms with Gasteiger partial charge in [0.2, 0.25) is 0 Å². The third-order valence-electron chi connectivity index (χ3n) is 3.81. The van der Waals surface area contributed by atoms with Crippen molar-refractivity contribution in [3.63, 3.8) is 0 Å². The summed E-state index contributed by atoms with van der Waals surface area (Å²) in [6, 6.07) is 2.25. The Morgan fingerprint density at radius 1 is 1.50 bits per heavy atom. The minimum absolute atomic E-state index is 0.0199. The highest BCUT2D eigenvalue weighted by Crippen LogP contribution is 2.16. The Morgan fingerprint density at radius 2 is 2.25 bits per heavy atom. The molecule has 1 aliphatic rings. The average Bonchev–Trinajstić information content (AvgIpc) is 2.76. The molecular weight excluding hydrogens is 254 g/mol. The van der Waals surface area contributed by atoms with Crippen molar-refractivity contribution in [3.8, 4) is 0 Å². The number of rotatable bonds is 3. The molecule has 1 amide bonds. The second kappa shape index (κ2) is 4.86. The van der Waals surface area contributed by atoms with Gasteiger partial charge in [-0.1, -0.05) is 0 Å². The molecule has 20 heavy (non-hydrogen) atoms. The van der Waals surface area contributed by atoms with E-state index < -0.39 is 0 Å². The van der Waals surface area contributed by atoms with Gasteiger partial charge in [0.05, 0.1) is 12.2 Å². The number of fused-ring (bicyclic) bond motifs is 1. The molecular formula is C14H19N5O. The van der Waals surface area contributed by atoms with Gasteiger partial charge in [-0.05, 0) is 26.8 Å². The molecule has 0 unspecified atom stereocenters. The number of likely N-dealkylation sites (N-methyl/N-ethyl adjacent to an activating group) is 1. The Hall–Kier alpha value is -1.95. The zero-order chi connectivity index (χ0) is 14.3. The first kappa shape index (κ1) is 13.1. The topological polar surface area (TPSA) is 62.5 Å². The van der Waals surface area contributed by atoms with Gasteiger partial charge in [0.1, 0.15) is 5.56 Å². The van der Waals surface area contributed by atoms with E-state index in [-0.39, 0.29) is 11.9 Å². The maximum absolute atomic E-state index is 12.7. The first-order valence-corrected chi connectivity index (χ1v) is 6.95. The Kier molecular flexibility index (Phi) is 3.17. The lowest BCUT2D eigenvalue weighted by Gasteiger charge is -2.37. The third-order valence-corrected chi connectivity index (χ3v) is 3.81. The summed E-state index contributed by atoms with van der Waals surface area (Å²) in [5.41, 5.74) is 3.13. The Bertz CT molecular complexity index is 659. The van der Waals surface area contributed by atoms with Crippen LogP contribution in [0.3, 0.4) is 0 Å². The lowest BCUT2D eigenvalue weighted by Crippen LogP contribution is -2.58. The van der Waals surface area contributed by atoms with Crippen molar-refractivity contribution in [2.45, 2.75) is 26.8 Å². The van der Waals surface area contributed by atoms with Crippen LogP contribution in [0.15, 0.2) is 12.3 Å². The summed E-state index contributed by atoms with van der Waals surface area (Å²) in [6.07, 6.45) is 1.63. The average molecular weight is 273 g/mol. The molecule has 0 aliphatic carbocycles. The van der Waals surface area contributed by atoms with Gasteiger partial charge in [-0.15, -0.1) is 0 Å². The molecule has 0 radical (unpaired) electrons. The first-order valence-electron chi connectivity index (χ1n) is 6.95. The van der Waals surface area contributed by atoms with Crippen molar-refractivity contribution < 1.29 is 4.79 Å². The molecule has 0 atom stereocenters. The third kappa shape index (κ3) is 1.96. The summed E-state index contributed by atoms with van der Waals surface area (Å²) in [7, 11) is 0. The number of carbonyl (C=O) groups is 1. The molecule has 1 fully saturated rings. The number of nitrogens with one attached hydrogen (secondary N) is 1. The zero-order valence-corrected chi connectivity index (χ0v) is 12.1. The highest BCUT2D eigenvalue weighted by atomic mass is 16.2. The lowest BCUT2D eigenvalue weighted by molar-refractivity contribution is 0.0632. The number of nitrogens with zero attached hydrogens (tertiary/aromatic N) is 4. The molecule has 0 aromatic carbocycles. The number of hydrogen-bond donors (Lipinski definition) is 1. The molecule has 6 heteroatoms. The van der Waals surface area contributed by atoms with Crippen LogP contribution in [-0.4, -0.2) is 51.1 Å². The highest BCUT2D eigenvalue weighted by molar-refractivity contribution is 6.00. The molecule has 1 aliphatic heterocycles. The van der Waals surface area contributed by atoms with E-state index in [1.54, 1.807) is 10.7 Å². The largest absolute Gasteiger partial charge is 0.333 e. The van der Waals surface area contributed by atoms with E-state index in [1.807, 2.05) is 31.7 Å². The second-order valence-electron chi connectivity index (χ2n) is 5.24. The van der Waals surface area contributed by atoms with Gasteiger partial charge < -0.3 is 10.2 Å². The van der Waals surface area contributed by atoms with Crippen LogP contribution in [0.2, 0.25) is 0 Å². The quantitative estimate of drug-likeness (QED) is 0.897. The smallest absolute Gasteiger partial charge is 0.259 e. The molecule has 2 aromatic heterocycles. The van der Waals surface area contributed by atoms with Crippen molar-refractivity contribution in [1.82, 2.24) is 24.8 Å². The van der Waals surface area contributed by atoms with E-state index in [0.717, 1.165) is 24.5 Å². The molecule has 3 rings (SSSR count). The molecule has 2 aromatic rings. The van der Waals surface area contributed by atoms with Gasteiger partial charge in [0, 0.05) is 31.0 Å². The minimum Gasteiger partial charge on any atom is -0.333 e. The molecule has 0 bridgehead atoms. The van der Waals surface area contributed by atoms with Crippen molar-refractivity contribution in [1.29, 1.82) is 0 Å². The van der Waals surface area contributed by atoms with Gasteiger partial charge >= 0.3 is 0 Å². The molecule has 106 valence electrons. The summed E-state index contributed by atoms with van der Waals surface area (Å²) < 4.78 is 1.73. The standard InChI is InChI=1S/C14H19N5O/c1-4-18(11-6-15-7-11)14(20)12-8-16-19-10(3)5-9(2)17-13(12)19/h5,8,11,15H,4,6-7H2,1-3H3. The van der Waals surface area contributed by atoms with Crippen LogP contribution in [0.1, 0.15) is 28.7 Å². The summed E-state index contributed by atoms with van der Waals surface area (Å²) in [6.45, 7) is 8.34. The van der Waals surface area contributed by atoms with Gasteiger partial charge in [0.15, 0.2) is 5.65 Å². The molecule has 1 N–H and O–H groups in total. The van der Waals surface area contributed by atoms with E-state index in [4.69, 9.17) is 0 Å². The fraction of sp³-hybridized carbons (Fsp3) is 0.500. The van der Waals surface area contributed by atoms with Gasteiger partial charge in [-0.3, -0.25) is 4.79 Å². The van der Waals surface area contributed by atoms with E-state index in [0.29, 0.717) is 17.8 Å². The summed E-state index contributed by atoms with van der Waals surface area (Å²) >= 11 is 0. The SMILES string of the molecule is CCN(C(=O)c1cnn2c(C)cc(C)nc12)C1CNC1. The zero-order valence-electron chi connectivity index (χ0n) is 12.1. The van der Waals surface area contributed by atoms with Gasteiger partial charge in [0.25, 0.3) is 5.91 Å². The van der Waals surface area contributed by atoms with E-state index in [1.165, 1.54) is 0 Å². The van der Waals surface area contributed by atoms with Crippen LogP contribution in [0.25, 0.3) is 5.65 Å². The summed E-state index contributed by atoms with van der Waals surface area (Å²) in [5.74, 6) is 0.0199. The summed E-state index contributed by atoms with van der Waals surface area (Å²) in [4.78, 5) is 19.1. The Balaban J connectivity index is 2.02.